The molecular weight excluding hydrogens is 448 g/mol. The minimum absolute atomic E-state index is 0.166. The third kappa shape index (κ3) is 4.74. The Labute approximate surface area is 171 Å². The molecule has 1 amide bonds. The number of anilines is 1. The van der Waals surface area contributed by atoms with E-state index in [-0.39, 0.29) is 11.7 Å². The van der Waals surface area contributed by atoms with Gasteiger partial charge in [-0.3, -0.25) is 4.79 Å². The Morgan fingerprint density at radius 2 is 2.04 bits per heavy atom. The van der Waals surface area contributed by atoms with Crippen LogP contribution in [0.2, 0.25) is 0 Å². The molecule has 1 N–H and O–H groups in total. The number of fused-ring (bicyclic) bond motifs is 1. The first kappa shape index (κ1) is 18.1. The highest BCUT2D eigenvalue weighted by Crippen LogP contribution is 2.28. The largest absolute Gasteiger partial charge is 0.416 e. The molecule has 6 nitrogen and oxygen atoms in total. The Morgan fingerprint density at radius 3 is 2.89 bits per heavy atom. The summed E-state index contributed by atoms with van der Waals surface area (Å²) < 4.78 is 7.58. The summed E-state index contributed by atoms with van der Waals surface area (Å²) in [4.78, 5) is 16.6. The van der Waals surface area contributed by atoms with Crippen LogP contribution in [0, 0.1) is 0 Å². The summed E-state index contributed by atoms with van der Waals surface area (Å²) in [5.41, 5.74) is 1.95. The summed E-state index contributed by atoms with van der Waals surface area (Å²) in [6.45, 7) is 0. The minimum Gasteiger partial charge on any atom is -0.416 e. The lowest BCUT2D eigenvalue weighted by molar-refractivity contribution is -0.113. The molecule has 136 valence electrons. The Hall–Kier alpha value is -2.23. The number of hydrogen-bond acceptors (Lipinski definition) is 7. The molecule has 0 aliphatic heterocycles. The van der Waals surface area contributed by atoms with E-state index in [0.717, 1.165) is 20.3 Å². The molecular formula is C18H13BrN4O2S2. The zero-order valence-electron chi connectivity index (χ0n) is 13.9. The normalized spacial score (nSPS) is 11.0. The first-order valence-electron chi connectivity index (χ1n) is 8.01. The summed E-state index contributed by atoms with van der Waals surface area (Å²) in [6.07, 6.45) is 0.571. The molecule has 0 bridgehead atoms. The van der Waals surface area contributed by atoms with Crippen LogP contribution in [0.25, 0.3) is 10.2 Å². The number of amides is 1. The van der Waals surface area contributed by atoms with Crippen LogP contribution in [0.5, 0.6) is 0 Å². The SMILES string of the molecule is O=C(CSc1nnc(Cc2ccccc2)o1)Nc1nc2ccc(Br)cc2s1. The Morgan fingerprint density at radius 1 is 1.19 bits per heavy atom. The van der Waals surface area contributed by atoms with Gasteiger partial charge in [-0.2, -0.15) is 0 Å². The lowest BCUT2D eigenvalue weighted by Gasteiger charge is -1.98. The molecule has 2 aromatic carbocycles. The number of carbonyl (C=O) groups is 1. The number of thioether (sulfide) groups is 1. The van der Waals surface area contributed by atoms with Crippen LogP contribution in [-0.4, -0.2) is 26.8 Å². The lowest BCUT2D eigenvalue weighted by Crippen LogP contribution is -2.13. The van der Waals surface area contributed by atoms with E-state index >= 15 is 0 Å². The quantitative estimate of drug-likeness (QED) is 0.417. The van der Waals surface area contributed by atoms with Crippen molar-refractivity contribution in [2.45, 2.75) is 11.6 Å². The Balaban J connectivity index is 1.32. The Kier molecular flexibility index (Phi) is 5.51. The highest BCUT2D eigenvalue weighted by molar-refractivity contribution is 9.10. The van der Waals surface area contributed by atoms with E-state index in [4.69, 9.17) is 4.42 Å². The highest BCUT2D eigenvalue weighted by Gasteiger charge is 2.12. The zero-order valence-corrected chi connectivity index (χ0v) is 17.1. The van der Waals surface area contributed by atoms with Crippen LogP contribution < -0.4 is 5.32 Å². The van der Waals surface area contributed by atoms with Gasteiger partial charge in [0.1, 0.15) is 0 Å². The van der Waals surface area contributed by atoms with Gasteiger partial charge in [-0.25, -0.2) is 4.98 Å². The first-order chi connectivity index (χ1) is 13.2. The second-order valence-electron chi connectivity index (χ2n) is 5.59. The maximum atomic E-state index is 12.2. The number of nitrogens with one attached hydrogen (secondary N) is 1. The average molecular weight is 461 g/mol. The zero-order chi connectivity index (χ0) is 18.6. The van der Waals surface area contributed by atoms with E-state index in [2.05, 4.69) is 36.4 Å². The fourth-order valence-electron chi connectivity index (χ4n) is 2.37. The summed E-state index contributed by atoms with van der Waals surface area (Å²) >= 11 is 6.07. The predicted molar refractivity (Wildman–Crippen MR) is 110 cm³/mol. The molecule has 4 aromatic rings. The number of hydrogen-bond donors (Lipinski definition) is 1. The number of carbonyl (C=O) groups excluding carboxylic acids is 1. The second kappa shape index (κ2) is 8.20. The average Bonchev–Trinajstić information content (AvgIpc) is 3.26. The highest BCUT2D eigenvalue weighted by atomic mass is 79.9. The van der Waals surface area contributed by atoms with Gasteiger partial charge in [-0.15, -0.1) is 10.2 Å². The Bertz CT molecular complexity index is 1080. The molecule has 2 aromatic heterocycles. The summed E-state index contributed by atoms with van der Waals surface area (Å²) in [7, 11) is 0. The summed E-state index contributed by atoms with van der Waals surface area (Å²) in [6, 6.07) is 15.7. The number of thiazole rings is 1. The molecule has 0 radical (unpaired) electrons. The van der Waals surface area contributed by atoms with Gasteiger partial charge in [0.2, 0.25) is 11.8 Å². The van der Waals surface area contributed by atoms with E-state index in [1.807, 2.05) is 48.5 Å². The van der Waals surface area contributed by atoms with E-state index in [1.165, 1.54) is 23.1 Å². The third-order valence-corrected chi connectivity index (χ3v) is 5.82. The van der Waals surface area contributed by atoms with Crippen molar-refractivity contribution in [1.82, 2.24) is 15.2 Å². The summed E-state index contributed by atoms with van der Waals surface area (Å²) in [5, 5.41) is 11.8. The third-order valence-electron chi connectivity index (χ3n) is 3.57. The number of nitrogens with zero attached hydrogens (tertiary/aromatic N) is 3. The van der Waals surface area contributed by atoms with Gasteiger partial charge in [0.25, 0.3) is 5.22 Å². The molecule has 0 saturated heterocycles. The van der Waals surface area contributed by atoms with Gasteiger partial charge >= 0.3 is 0 Å². The van der Waals surface area contributed by atoms with Crippen LogP contribution in [0.15, 0.2) is 62.6 Å². The van der Waals surface area contributed by atoms with E-state index in [1.54, 1.807) is 0 Å². The van der Waals surface area contributed by atoms with Crippen molar-refractivity contribution in [2.75, 3.05) is 11.1 Å². The first-order valence-corrected chi connectivity index (χ1v) is 10.6. The van der Waals surface area contributed by atoms with Crippen molar-refractivity contribution < 1.29 is 9.21 Å². The van der Waals surface area contributed by atoms with Crippen molar-refractivity contribution in [3.05, 3.63) is 64.5 Å². The molecule has 0 atom stereocenters. The molecule has 2 heterocycles. The molecule has 0 saturated carbocycles. The smallest absolute Gasteiger partial charge is 0.277 e. The predicted octanol–water partition coefficient (Wildman–Crippen LogP) is 4.76. The molecule has 27 heavy (non-hydrogen) atoms. The molecule has 0 fully saturated rings. The maximum Gasteiger partial charge on any atom is 0.277 e. The number of halogens is 1. The van der Waals surface area contributed by atoms with Crippen molar-refractivity contribution in [2.24, 2.45) is 0 Å². The number of benzene rings is 2. The minimum atomic E-state index is -0.166. The van der Waals surface area contributed by atoms with Crippen LogP contribution in [0.3, 0.4) is 0 Å². The van der Waals surface area contributed by atoms with Gasteiger partial charge in [0.15, 0.2) is 5.13 Å². The van der Waals surface area contributed by atoms with Crippen molar-refractivity contribution in [3.8, 4) is 0 Å². The second-order valence-corrected chi connectivity index (χ2v) is 8.46. The summed E-state index contributed by atoms with van der Waals surface area (Å²) in [5.74, 6) is 0.536. The van der Waals surface area contributed by atoms with Gasteiger partial charge in [-0.1, -0.05) is 69.4 Å². The van der Waals surface area contributed by atoms with Gasteiger partial charge < -0.3 is 9.73 Å². The molecule has 0 aliphatic carbocycles. The molecule has 0 unspecified atom stereocenters. The van der Waals surface area contributed by atoms with Crippen molar-refractivity contribution in [3.63, 3.8) is 0 Å². The lowest BCUT2D eigenvalue weighted by atomic mass is 10.2. The van der Waals surface area contributed by atoms with Gasteiger partial charge in [0, 0.05) is 4.47 Å². The molecule has 4 rings (SSSR count). The van der Waals surface area contributed by atoms with Crippen LogP contribution >= 0.6 is 39.0 Å². The van der Waals surface area contributed by atoms with Crippen LogP contribution in [0.1, 0.15) is 11.5 Å². The fourth-order valence-corrected chi connectivity index (χ4v) is 4.39. The number of aromatic nitrogens is 3. The van der Waals surface area contributed by atoms with Gasteiger partial charge in [0.05, 0.1) is 22.4 Å². The molecule has 9 heteroatoms. The standard InChI is InChI=1S/C18H13BrN4O2S2/c19-12-6-7-13-14(9-12)27-17(20-13)21-15(24)10-26-18-23-22-16(25-18)8-11-4-2-1-3-5-11/h1-7,9H,8,10H2,(H,20,21,24). The van der Waals surface area contributed by atoms with Crippen molar-refractivity contribution >= 4 is 60.3 Å². The molecule has 0 spiro atoms. The molecule has 0 aliphatic rings. The van der Waals surface area contributed by atoms with E-state index in [9.17, 15) is 4.79 Å². The van der Waals surface area contributed by atoms with E-state index in [0.29, 0.717) is 22.7 Å². The monoisotopic (exact) mass is 460 g/mol. The van der Waals surface area contributed by atoms with Crippen molar-refractivity contribution in [1.29, 1.82) is 0 Å². The fraction of sp³-hybridized carbons (Fsp3) is 0.111. The van der Waals surface area contributed by atoms with Crippen LogP contribution in [0.4, 0.5) is 5.13 Å². The topological polar surface area (TPSA) is 80.9 Å². The van der Waals surface area contributed by atoms with E-state index < -0.39 is 0 Å². The van der Waals surface area contributed by atoms with Crippen LogP contribution in [-0.2, 0) is 11.2 Å². The van der Waals surface area contributed by atoms with Gasteiger partial charge in [-0.05, 0) is 23.8 Å². The maximum absolute atomic E-state index is 12.2. The number of rotatable bonds is 6.